The van der Waals surface area contributed by atoms with Gasteiger partial charge in [0.05, 0.1) is 0 Å². The van der Waals surface area contributed by atoms with Crippen LogP contribution in [-0.2, 0) is 20.7 Å². The van der Waals surface area contributed by atoms with E-state index in [4.69, 9.17) is 4.74 Å². The van der Waals surface area contributed by atoms with E-state index in [0.29, 0.717) is 34.9 Å². The summed E-state index contributed by atoms with van der Waals surface area (Å²) in [7, 11) is 0.909. The first-order valence-corrected chi connectivity index (χ1v) is 11.9. The molecule has 1 heterocycles. The summed E-state index contributed by atoms with van der Waals surface area (Å²) in [5.41, 5.74) is 1.61. The second-order valence-electron chi connectivity index (χ2n) is 6.70. The summed E-state index contributed by atoms with van der Waals surface area (Å²) in [6.45, 7) is 0.994. The number of ether oxygens (including phenoxy) is 1. The summed E-state index contributed by atoms with van der Waals surface area (Å²) in [5, 5.41) is 10.3. The molecule has 0 amide bonds. The predicted octanol–water partition coefficient (Wildman–Crippen LogP) is 3.09. The first-order valence-electron chi connectivity index (χ1n) is 8.72. The summed E-state index contributed by atoms with van der Waals surface area (Å²) < 4.78 is 16.2. The molecule has 1 aliphatic carbocycles. The average molecular weight is 376 g/mol. The van der Waals surface area contributed by atoms with Gasteiger partial charge in [-0.25, -0.2) is 0 Å². The molecule has 0 spiro atoms. The fourth-order valence-corrected chi connectivity index (χ4v) is 6.79. The molecule has 1 aromatic carbocycles. The fourth-order valence-electron chi connectivity index (χ4n) is 3.83. The summed E-state index contributed by atoms with van der Waals surface area (Å²) in [4.78, 5) is 11.6. The van der Waals surface area contributed by atoms with Gasteiger partial charge in [-0.15, -0.1) is 0 Å². The molecule has 1 saturated carbocycles. The minimum atomic E-state index is -0.491. The molecule has 132 valence electrons. The number of hydrogen-bond acceptors (Lipinski definition) is 4. The quantitative estimate of drug-likeness (QED) is 0.328. The zero-order valence-electron chi connectivity index (χ0n) is 14.0. The monoisotopic (exact) mass is 376 g/mol. The Morgan fingerprint density at radius 1 is 1.36 bits per heavy atom. The van der Waals surface area contributed by atoms with Crippen molar-refractivity contribution in [3.63, 3.8) is 0 Å². The van der Waals surface area contributed by atoms with Gasteiger partial charge in [0, 0.05) is 0 Å². The first kappa shape index (κ1) is 18.9. The van der Waals surface area contributed by atoms with Gasteiger partial charge in [-0.3, -0.25) is 0 Å². The van der Waals surface area contributed by atoms with E-state index in [0.717, 1.165) is 19.7 Å². The summed E-state index contributed by atoms with van der Waals surface area (Å²) in [6.07, 6.45) is 6.29. The zero-order valence-corrected chi connectivity index (χ0v) is 16.0. The SMILES string of the molecule is O=BPP[C@@H]1CC2OC(=O)C[C@@H]2[C@H]1/C=C/[C@@H](O)CCc1ccccc1. The molecule has 25 heavy (non-hydrogen) atoms. The van der Waals surface area contributed by atoms with Crippen LogP contribution in [0.3, 0.4) is 0 Å². The van der Waals surface area contributed by atoms with E-state index in [1.54, 1.807) is 0 Å². The second kappa shape index (κ2) is 9.17. The Morgan fingerprint density at radius 3 is 2.92 bits per heavy atom. The number of allylic oxidation sites excluding steroid dienone is 1. The van der Waals surface area contributed by atoms with E-state index in [1.807, 2.05) is 24.3 Å². The van der Waals surface area contributed by atoms with Crippen LogP contribution in [-0.4, -0.2) is 35.8 Å². The van der Waals surface area contributed by atoms with Crippen molar-refractivity contribution < 1.29 is 19.3 Å². The third-order valence-corrected chi connectivity index (χ3v) is 8.30. The normalized spacial score (nSPS) is 30.4. The maximum atomic E-state index is 11.6. The number of carbonyl (C=O) groups is 1. The number of aliphatic hydroxyl groups excluding tert-OH is 1. The third-order valence-electron chi connectivity index (χ3n) is 5.06. The minimum absolute atomic E-state index is 0.00226. The van der Waals surface area contributed by atoms with Crippen LogP contribution in [0.1, 0.15) is 24.8 Å². The first-order chi connectivity index (χ1) is 12.2. The van der Waals surface area contributed by atoms with Crippen LogP contribution in [0, 0.1) is 11.8 Å². The molecular formula is C18H23BO4P2. The Balaban J connectivity index is 1.58. The molecule has 1 saturated heterocycles. The van der Waals surface area contributed by atoms with E-state index in [2.05, 4.69) is 18.2 Å². The zero-order chi connectivity index (χ0) is 17.6. The Bertz CT molecular complexity index is 625. The van der Waals surface area contributed by atoms with Gasteiger partial charge in [0.15, 0.2) is 0 Å². The molecule has 2 fully saturated rings. The van der Waals surface area contributed by atoms with Gasteiger partial charge < -0.3 is 0 Å². The van der Waals surface area contributed by atoms with Crippen LogP contribution in [0.25, 0.3) is 0 Å². The Kier molecular flexibility index (Phi) is 6.93. The maximum absolute atomic E-state index is 11.6. The molecular weight excluding hydrogens is 353 g/mol. The molecule has 2 aliphatic rings. The van der Waals surface area contributed by atoms with Crippen molar-refractivity contribution in [3.05, 3.63) is 48.0 Å². The molecule has 1 aromatic rings. The van der Waals surface area contributed by atoms with Crippen molar-refractivity contribution >= 4 is 29.3 Å². The van der Waals surface area contributed by atoms with E-state index >= 15 is 0 Å². The molecule has 1 N–H and O–H groups in total. The summed E-state index contributed by atoms with van der Waals surface area (Å²) in [5.74, 6) is 0.324. The number of hydrogen-bond donors (Lipinski definition) is 1. The number of aryl methyl sites for hydroxylation is 1. The van der Waals surface area contributed by atoms with Crippen LogP contribution in [0.2, 0.25) is 0 Å². The van der Waals surface area contributed by atoms with Gasteiger partial charge in [0.25, 0.3) is 0 Å². The van der Waals surface area contributed by atoms with E-state index in [9.17, 15) is 14.6 Å². The topological polar surface area (TPSA) is 63.6 Å². The molecule has 3 unspecified atom stereocenters. The molecule has 3 rings (SSSR count). The number of aliphatic hydroxyl groups is 1. The molecule has 0 aromatic heterocycles. The Labute approximate surface area is 152 Å². The molecule has 7 heteroatoms. The number of esters is 1. The molecule has 4 nitrogen and oxygen atoms in total. The van der Waals surface area contributed by atoms with Crippen LogP contribution in [0.4, 0.5) is 0 Å². The molecule has 7 atom stereocenters. The average Bonchev–Trinajstić information content (AvgIpc) is 3.13. The van der Waals surface area contributed by atoms with Gasteiger partial charge in [-0.2, -0.15) is 0 Å². The van der Waals surface area contributed by atoms with Crippen molar-refractivity contribution in [1.29, 1.82) is 0 Å². The van der Waals surface area contributed by atoms with E-state index in [1.165, 1.54) is 5.56 Å². The molecule has 0 bridgehead atoms. The Morgan fingerprint density at radius 2 is 2.16 bits per heavy atom. The van der Waals surface area contributed by atoms with Gasteiger partial charge in [0.2, 0.25) is 0 Å². The van der Waals surface area contributed by atoms with Gasteiger partial charge >= 0.3 is 146 Å². The number of fused-ring (bicyclic) bond motifs is 1. The molecule has 0 radical (unpaired) electrons. The number of benzene rings is 1. The fraction of sp³-hybridized carbons (Fsp3) is 0.500. The predicted molar refractivity (Wildman–Crippen MR) is 103 cm³/mol. The summed E-state index contributed by atoms with van der Waals surface area (Å²) in [6, 6.07) is 10.1. The van der Waals surface area contributed by atoms with Crippen molar-refractivity contribution in [2.45, 2.75) is 43.6 Å². The van der Waals surface area contributed by atoms with Crippen molar-refractivity contribution in [3.8, 4) is 0 Å². The van der Waals surface area contributed by atoms with E-state index in [-0.39, 0.29) is 23.9 Å². The van der Waals surface area contributed by atoms with Crippen LogP contribution >= 0.6 is 16.4 Å². The summed E-state index contributed by atoms with van der Waals surface area (Å²) >= 11 is 0. The van der Waals surface area contributed by atoms with Gasteiger partial charge in [-0.05, 0) is 0 Å². The molecule has 1 aliphatic heterocycles. The standard InChI is InChI=1S/C18H23BO4P2/c20-13(7-6-12-4-2-1-3-5-12)8-9-14-15-10-18(21)23-16(15)11-17(14)24-25-19-22/h1-5,8-9,13-17,20,24-25H,6-7,10-11H2/b9-8+/t13-,14+,15+,16?,17+/m0/s1. The van der Waals surface area contributed by atoms with E-state index < -0.39 is 6.10 Å². The van der Waals surface area contributed by atoms with Crippen LogP contribution < -0.4 is 0 Å². The van der Waals surface area contributed by atoms with Crippen LogP contribution in [0.5, 0.6) is 0 Å². The van der Waals surface area contributed by atoms with Crippen molar-refractivity contribution in [2.24, 2.45) is 11.8 Å². The number of carbonyl (C=O) groups excluding carboxylic acids is 1. The van der Waals surface area contributed by atoms with Crippen molar-refractivity contribution in [1.82, 2.24) is 0 Å². The Hall–Kier alpha value is -0.885. The number of rotatable bonds is 8. The second-order valence-corrected chi connectivity index (χ2v) is 9.99. The van der Waals surface area contributed by atoms with Gasteiger partial charge in [0.1, 0.15) is 0 Å². The third kappa shape index (κ3) is 5.06. The van der Waals surface area contributed by atoms with Crippen LogP contribution in [0.15, 0.2) is 42.5 Å². The van der Waals surface area contributed by atoms with Gasteiger partial charge in [-0.1, -0.05) is 6.07 Å². The van der Waals surface area contributed by atoms with Crippen molar-refractivity contribution in [2.75, 3.05) is 0 Å².